The molecule has 0 radical (unpaired) electrons. The minimum atomic E-state index is 0.174. The fraction of sp³-hybridized carbons (Fsp3) is 0.304. The summed E-state index contributed by atoms with van der Waals surface area (Å²) in [5, 5.41) is 23.8. The van der Waals surface area contributed by atoms with E-state index in [0.717, 1.165) is 55.0 Å². The highest BCUT2D eigenvalue weighted by Crippen LogP contribution is 2.37. The second-order valence-electron chi connectivity index (χ2n) is 7.47. The molecule has 1 aliphatic heterocycles. The first kappa shape index (κ1) is 22.4. The molecule has 0 unspecified atom stereocenters. The molecule has 1 fully saturated rings. The zero-order valence-corrected chi connectivity index (χ0v) is 19.7. The van der Waals surface area contributed by atoms with Crippen molar-refractivity contribution in [2.75, 3.05) is 23.7 Å². The van der Waals surface area contributed by atoms with Gasteiger partial charge in [-0.25, -0.2) is 9.97 Å². The molecule has 1 aromatic carbocycles. The van der Waals surface area contributed by atoms with Crippen LogP contribution in [0.4, 0.5) is 11.5 Å². The SMILES string of the molecule is N#Cc1c(N)nc(SCc2csc(-c3ccc(Cl)cc3)n2)c(C#N)c1N1CCCCCC1. The summed E-state index contributed by atoms with van der Waals surface area (Å²) in [6.45, 7) is 1.63. The number of hydrogen-bond donors (Lipinski definition) is 1. The van der Waals surface area contributed by atoms with E-state index in [1.54, 1.807) is 11.3 Å². The van der Waals surface area contributed by atoms with Crippen LogP contribution in [0.25, 0.3) is 10.6 Å². The van der Waals surface area contributed by atoms with Crippen LogP contribution in [-0.4, -0.2) is 23.1 Å². The zero-order valence-electron chi connectivity index (χ0n) is 17.3. The molecule has 1 saturated heterocycles. The standard InChI is InChI=1S/C23H21ClN6S2/c24-16-7-5-15(6-8-16)22-28-17(13-31-22)14-32-23-19(12-26)20(18(11-25)21(27)29-23)30-9-3-1-2-4-10-30/h5-8,13H,1-4,9-10,14H2,(H2,27,29). The number of nitrogen functional groups attached to an aromatic ring is 1. The third-order valence-electron chi connectivity index (χ3n) is 5.31. The Hall–Kier alpha value is -2.78. The van der Waals surface area contributed by atoms with Gasteiger partial charge in [-0.3, -0.25) is 0 Å². The highest BCUT2D eigenvalue weighted by atomic mass is 35.5. The number of nitrogens with two attached hydrogens (primary N) is 1. The molecular weight excluding hydrogens is 460 g/mol. The molecule has 3 aromatic rings. The third-order valence-corrected chi connectivity index (χ3v) is 7.51. The number of nitrogens with zero attached hydrogens (tertiary/aromatic N) is 5. The van der Waals surface area contributed by atoms with E-state index in [1.165, 1.54) is 11.8 Å². The minimum Gasteiger partial charge on any atom is -0.382 e. The Morgan fingerprint density at radius 3 is 2.38 bits per heavy atom. The fourth-order valence-corrected chi connectivity index (χ4v) is 5.67. The molecule has 162 valence electrons. The van der Waals surface area contributed by atoms with E-state index in [9.17, 15) is 10.5 Å². The molecule has 0 saturated carbocycles. The largest absolute Gasteiger partial charge is 0.382 e. The predicted octanol–water partition coefficient (Wildman–Crippen LogP) is 5.86. The summed E-state index contributed by atoms with van der Waals surface area (Å²) in [6.07, 6.45) is 4.38. The number of rotatable bonds is 5. The van der Waals surface area contributed by atoms with Crippen molar-refractivity contribution in [1.29, 1.82) is 10.5 Å². The molecule has 0 spiro atoms. The molecule has 0 bridgehead atoms. The number of pyridine rings is 1. The summed E-state index contributed by atoms with van der Waals surface area (Å²) in [5.41, 5.74) is 9.42. The number of anilines is 2. The molecule has 0 aliphatic carbocycles. The van der Waals surface area contributed by atoms with Gasteiger partial charge in [-0.2, -0.15) is 10.5 Å². The maximum atomic E-state index is 9.98. The van der Waals surface area contributed by atoms with Crippen molar-refractivity contribution in [3.63, 3.8) is 0 Å². The lowest BCUT2D eigenvalue weighted by Gasteiger charge is -2.26. The molecular formula is C23H21ClN6S2. The summed E-state index contributed by atoms with van der Waals surface area (Å²) >= 11 is 8.96. The van der Waals surface area contributed by atoms with Gasteiger partial charge in [0.05, 0.1) is 11.4 Å². The number of aromatic nitrogens is 2. The first-order chi connectivity index (χ1) is 15.6. The maximum Gasteiger partial charge on any atom is 0.144 e. The maximum absolute atomic E-state index is 9.98. The summed E-state index contributed by atoms with van der Waals surface area (Å²) in [5.74, 6) is 0.727. The Balaban J connectivity index is 1.61. The Morgan fingerprint density at radius 2 is 1.72 bits per heavy atom. The monoisotopic (exact) mass is 480 g/mol. The molecule has 0 amide bonds. The van der Waals surface area contributed by atoms with E-state index in [2.05, 4.69) is 22.0 Å². The number of benzene rings is 1. The molecule has 1 aliphatic rings. The van der Waals surface area contributed by atoms with Crippen molar-refractivity contribution in [1.82, 2.24) is 9.97 Å². The Morgan fingerprint density at radius 1 is 1.03 bits per heavy atom. The van der Waals surface area contributed by atoms with Crippen molar-refractivity contribution in [3.8, 4) is 22.7 Å². The van der Waals surface area contributed by atoms with Gasteiger partial charge in [-0.05, 0) is 25.0 Å². The van der Waals surface area contributed by atoms with Crippen LogP contribution in [-0.2, 0) is 5.75 Å². The molecule has 2 N–H and O–H groups in total. The summed E-state index contributed by atoms with van der Waals surface area (Å²) in [7, 11) is 0. The lowest BCUT2D eigenvalue weighted by molar-refractivity contribution is 0.726. The quantitative estimate of drug-likeness (QED) is 0.456. The Kier molecular flexibility index (Phi) is 7.16. The van der Waals surface area contributed by atoms with Crippen LogP contribution >= 0.6 is 34.7 Å². The molecule has 0 atom stereocenters. The molecule has 6 nitrogen and oxygen atoms in total. The van der Waals surface area contributed by atoms with Crippen molar-refractivity contribution < 1.29 is 0 Å². The van der Waals surface area contributed by atoms with Crippen LogP contribution in [0.3, 0.4) is 0 Å². The second kappa shape index (κ2) is 10.2. The van der Waals surface area contributed by atoms with Crippen LogP contribution in [0.1, 0.15) is 42.5 Å². The number of nitriles is 2. The summed E-state index contributed by atoms with van der Waals surface area (Å²) in [6, 6.07) is 12.1. The van der Waals surface area contributed by atoms with Crippen LogP contribution in [0.2, 0.25) is 5.02 Å². The van der Waals surface area contributed by atoms with E-state index in [0.29, 0.717) is 32.6 Å². The van der Waals surface area contributed by atoms with Gasteiger partial charge in [-0.1, -0.05) is 48.3 Å². The van der Waals surface area contributed by atoms with Gasteiger partial charge in [0.15, 0.2) is 0 Å². The van der Waals surface area contributed by atoms with Gasteiger partial charge in [0.25, 0.3) is 0 Å². The fourth-order valence-electron chi connectivity index (χ4n) is 3.74. The highest BCUT2D eigenvalue weighted by molar-refractivity contribution is 7.98. The first-order valence-electron chi connectivity index (χ1n) is 10.3. The van der Waals surface area contributed by atoms with Gasteiger partial charge in [0.2, 0.25) is 0 Å². The smallest absolute Gasteiger partial charge is 0.144 e. The number of thioether (sulfide) groups is 1. The molecule has 2 aromatic heterocycles. The van der Waals surface area contributed by atoms with E-state index in [-0.39, 0.29) is 5.82 Å². The molecule has 9 heteroatoms. The number of thiazole rings is 1. The first-order valence-corrected chi connectivity index (χ1v) is 12.6. The van der Waals surface area contributed by atoms with Gasteiger partial charge < -0.3 is 10.6 Å². The number of halogens is 1. The average molecular weight is 481 g/mol. The van der Waals surface area contributed by atoms with E-state index < -0.39 is 0 Å². The van der Waals surface area contributed by atoms with E-state index in [1.807, 2.05) is 29.6 Å². The molecule has 32 heavy (non-hydrogen) atoms. The van der Waals surface area contributed by atoms with Gasteiger partial charge in [-0.15, -0.1) is 11.3 Å². The summed E-state index contributed by atoms with van der Waals surface area (Å²) in [4.78, 5) is 11.3. The third kappa shape index (κ3) is 4.83. The van der Waals surface area contributed by atoms with Crippen LogP contribution in [0.15, 0.2) is 34.7 Å². The normalized spacial score (nSPS) is 13.9. The molecule has 4 rings (SSSR count). The van der Waals surface area contributed by atoms with Gasteiger partial charge in [0.1, 0.15) is 39.1 Å². The lowest BCUT2D eigenvalue weighted by atomic mass is 10.1. The second-order valence-corrected chi connectivity index (χ2v) is 9.72. The van der Waals surface area contributed by atoms with Gasteiger partial charge in [0, 0.05) is 34.8 Å². The average Bonchev–Trinajstić information content (AvgIpc) is 3.11. The molecule has 3 heterocycles. The lowest BCUT2D eigenvalue weighted by Crippen LogP contribution is -2.26. The predicted molar refractivity (Wildman–Crippen MR) is 131 cm³/mol. The van der Waals surface area contributed by atoms with E-state index in [4.69, 9.17) is 22.3 Å². The van der Waals surface area contributed by atoms with Crippen LogP contribution in [0.5, 0.6) is 0 Å². The minimum absolute atomic E-state index is 0.174. The number of hydrogen-bond acceptors (Lipinski definition) is 8. The van der Waals surface area contributed by atoms with Crippen molar-refractivity contribution in [3.05, 3.63) is 51.5 Å². The zero-order chi connectivity index (χ0) is 22.5. The topological polar surface area (TPSA) is 103 Å². The Bertz CT molecular complexity index is 1180. The van der Waals surface area contributed by atoms with Crippen molar-refractivity contribution >= 4 is 46.2 Å². The van der Waals surface area contributed by atoms with Gasteiger partial charge >= 0.3 is 0 Å². The van der Waals surface area contributed by atoms with E-state index >= 15 is 0 Å². The van der Waals surface area contributed by atoms with Crippen LogP contribution < -0.4 is 10.6 Å². The van der Waals surface area contributed by atoms with Crippen LogP contribution in [0, 0.1) is 22.7 Å². The summed E-state index contributed by atoms with van der Waals surface area (Å²) < 4.78 is 0. The van der Waals surface area contributed by atoms with Crippen molar-refractivity contribution in [2.45, 2.75) is 36.5 Å². The van der Waals surface area contributed by atoms with Crippen molar-refractivity contribution in [2.24, 2.45) is 0 Å². The Labute approximate surface area is 200 Å². The highest BCUT2D eigenvalue weighted by Gasteiger charge is 2.24.